The van der Waals surface area contributed by atoms with Crippen molar-refractivity contribution in [2.75, 3.05) is 19.8 Å². The van der Waals surface area contributed by atoms with Gasteiger partial charge >= 0.3 is 0 Å². The maximum atomic E-state index is 12.5. The van der Waals surface area contributed by atoms with E-state index in [1.807, 2.05) is 13.0 Å². The molecule has 0 saturated carbocycles. The molecule has 2 atom stereocenters. The van der Waals surface area contributed by atoms with E-state index in [0.717, 1.165) is 8.95 Å². The SMILES string of the molecule is CC1COC(CO)CN1C(=O)c1cc(Br)cc(Br)c1. The smallest absolute Gasteiger partial charge is 0.254 e. The van der Waals surface area contributed by atoms with Crippen LogP contribution in [-0.4, -0.2) is 47.8 Å². The van der Waals surface area contributed by atoms with E-state index in [0.29, 0.717) is 18.7 Å². The second-order valence-electron chi connectivity index (χ2n) is 4.60. The number of nitrogens with zero attached hydrogens (tertiary/aromatic N) is 1. The molecule has 0 aromatic heterocycles. The van der Waals surface area contributed by atoms with Gasteiger partial charge in [-0.1, -0.05) is 31.9 Å². The molecule has 104 valence electrons. The number of amides is 1. The zero-order valence-corrected chi connectivity index (χ0v) is 13.6. The molecule has 0 spiro atoms. The molecular formula is C13H15Br2NO3. The van der Waals surface area contributed by atoms with Gasteiger partial charge in [-0.05, 0) is 25.1 Å². The lowest BCUT2D eigenvalue weighted by molar-refractivity contribution is -0.0667. The van der Waals surface area contributed by atoms with Crippen LogP contribution in [0, 0.1) is 0 Å². The van der Waals surface area contributed by atoms with E-state index in [2.05, 4.69) is 31.9 Å². The molecule has 0 radical (unpaired) electrons. The van der Waals surface area contributed by atoms with Crippen molar-refractivity contribution in [3.8, 4) is 0 Å². The van der Waals surface area contributed by atoms with E-state index in [1.54, 1.807) is 17.0 Å². The van der Waals surface area contributed by atoms with Crippen LogP contribution in [0.3, 0.4) is 0 Å². The minimum atomic E-state index is -0.296. The Kier molecular flexibility index (Phi) is 5.00. The van der Waals surface area contributed by atoms with Gasteiger partial charge in [-0.3, -0.25) is 4.79 Å². The summed E-state index contributed by atoms with van der Waals surface area (Å²) in [6.07, 6.45) is -0.296. The molecule has 0 aliphatic carbocycles. The van der Waals surface area contributed by atoms with Crippen LogP contribution in [0.2, 0.25) is 0 Å². The summed E-state index contributed by atoms with van der Waals surface area (Å²) < 4.78 is 7.14. The van der Waals surface area contributed by atoms with Crippen LogP contribution in [0.1, 0.15) is 17.3 Å². The van der Waals surface area contributed by atoms with Crippen LogP contribution in [0.4, 0.5) is 0 Å². The van der Waals surface area contributed by atoms with Crippen LogP contribution in [0.5, 0.6) is 0 Å². The molecule has 1 aromatic carbocycles. The molecule has 1 saturated heterocycles. The van der Waals surface area contributed by atoms with Gasteiger partial charge in [0, 0.05) is 21.1 Å². The molecule has 1 aliphatic rings. The fraction of sp³-hybridized carbons (Fsp3) is 0.462. The summed E-state index contributed by atoms with van der Waals surface area (Å²) in [7, 11) is 0. The number of rotatable bonds is 2. The molecule has 2 rings (SSSR count). The van der Waals surface area contributed by atoms with Crippen molar-refractivity contribution >= 4 is 37.8 Å². The second kappa shape index (κ2) is 6.35. The summed E-state index contributed by atoms with van der Waals surface area (Å²) >= 11 is 6.76. The van der Waals surface area contributed by atoms with E-state index in [9.17, 15) is 4.79 Å². The maximum Gasteiger partial charge on any atom is 0.254 e. The highest BCUT2D eigenvalue weighted by molar-refractivity contribution is 9.11. The number of benzene rings is 1. The molecule has 1 amide bonds. The highest BCUT2D eigenvalue weighted by Crippen LogP contribution is 2.23. The van der Waals surface area contributed by atoms with E-state index in [-0.39, 0.29) is 24.7 Å². The summed E-state index contributed by atoms with van der Waals surface area (Å²) in [5, 5.41) is 9.16. The van der Waals surface area contributed by atoms with E-state index in [1.165, 1.54) is 0 Å². The lowest BCUT2D eigenvalue weighted by atomic mass is 10.1. The van der Waals surface area contributed by atoms with Crippen molar-refractivity contribution in [3.63, 3.8) is 0 Å². The minimum Gasteiger partial charge on any atom is -0.394 e. The minimum absolute atomic E-state index is 0.00746. The molecule has 1 fully saturated rings. The van der Waals surface area contributed by atoms with Crippen molar-refractivity contribution in [1.29, 1.82) is 0 Å². The summed E-state index contributed by atoms with van der Waals surface area (Å²) in [4.78, 5) is 14.3. The van der Waals surface area contributed by atoms with Crippen molar-refractivity contribution in [2.45, 2.75) is 19.1 Å². The van der Waals surface area contributed by atoms with Crippen LogP contribution in [-0.2, 0) is 4.74 Å². The Morgan fingerprint density at radius 2 is 2.05 bits per heavy atom. The van der Waals surface area contributed by atoms with Crippen molar-refractivity contribution < 1.29 is 14.6 Å². The predicted molar refractivity (Wildman–Crippen MR) is 79.2 cm³/mol. The zero-order chi connectivity index (χ0) is 14.0. The quantitative estimate of drug-likeness (QED) is 0.840. The molecule has 1 aromatic rings. The summed E-state index contributed by atoms with van der Waals surface area (Å²) in [5.41, 5.74) is 0.617. The Morgan fingerprint density at radius 1 is 1.42 bits per heavy atom. The fourth-order valence-electron chi connectivity index (χ4n) is 2.05. The monoisotopic (exact) mass is 391 g/mol. The third kappa shape index (κ3) is 3.56. The number of hydrogen-bond donors (Lipinski definition) is 1. The van der Waals surface area contributed by atoms with Gasteiger partial charge in [-0.25, -0.2) is 0 Å². The van der Waals surface area contributed by atoms with Crippen LogP contribution in [0.15, 0.2) is 27.1 Å². The molecule has 4 nitrogen and oxygen atoms in total. The van der Waals surface area contributed by atoms with Crippen LogP contribution >= 0.6 is 31.9 Å². The third-order valence-corrected chi connectivity index (χ3v) is 4.00. The number of hydrogen-bond acceptors (Lipinski definition) is 3. The van der Waals surface area contributed by atoms with Gasteiger partial charge in [0.15, 0.2) is 0 Å². The Balaban J connectivity index is 2.21. The number of morpholine rings is 1. The number of carbonyl (C=O) groups excluding carboxylic acids is 1. The first-order chi connectivity index (χ1) is 9.01. The molecule has 2 unspecified atom stereocenters. The fourth-order valence-corrected chi connectivity index (χ4v) is 3.35. The number of ether oxygens (including phenoxy) is 1. The van der Waals surface area contributed by atoms with Crippen LogP contribution in [0.25, 0.3) is 0 Å². The Bertz CT molecular complexity index is 461. The Hall–Kier alpha value is -0.430. The highest BCUT2D eigenvalue weighted by Gasteiger charge is 2.30. The standard InChI is InChI=1S/C13H15Br2NO3/c1-8-7-19-12(6-17)5-16(8)13(18)9-2-10(14)4-11(15)3-9/h2-4,8,12,17H,5-7H2,1H3. The number of halogens is 2. The number of aliphatic hydroxyl groups excluding tert-OH is 1. The molecule has 6 heteroatoms. The topological polar surface area (TPSA) is 49.8 Å². The first-order valence-corrected chi connectivity index (χ1v) is 7.59. The molecule has 19 heavy (non-hydrogen) atoms. The largest absolute Gasteiger partial charge is 0.394 e. The lowest BCUT2D eigenvalue weighted by Gasteiger charge is -2.37. The van der Waals surface area contributed by atoms with Gasteiger partial charge in [-0.2, -0.15) is 0 Å². The van der Waals surface area contributed by atoms with Crippen LogP contribution < -0.4 is 0 Å². The zero-order valence-electron chi connectivity index (χ0n) is 10.5. The van der Waals surface area contributed by atoms with Crippen molar-refractivity contribution in [2.24, 2.45) is 0 Å². The third-order valence-electron chi connectivity index (χ3n) is 3.08. The van der Waals surface area contributed by atoms with Crippen molar-refractivity contribution in [3.05, 3.63) is 32.7 Å². The molecule has 1 heterocycles. The first kappa shape index (κ1) is 15.0. The van der Waals surface area contributed by atoms with Gasteiger partial charge in [0.05, 0.1) is 25.4 Å². The summed E-state index contributed by atoms with van der Waals surface area (Å²) in [6.45, 7) is 2.74. The predicted octanol–water partition coefficient (Wildman–Crippen LogP) is 2.43. The summed E-state index contributed by atoms with van der Waals surface area (Å²) in [5.74, 6) is -0.0451. The Labute approximate surface area is 129 Å². The maximum absolute atomic E-state index is 12.5. The average molecular weight is 393 g/mol. The normalized spacial score (nSPS) is 23.5. The van der Waals surface area contributed by atoms with E-state index < -0.39 is 0 Å². The van der Waals surface area contributed by atoms with Crippen molar-refractivity contribution in [1.82, 2.24) is 4.90 Å². The highest BCUT2D eigenvalue weighted by atomic mass is 79.9. The number of aliphatic hydroxyl groups is 1. The molecule has 0 bridgehead atoms. The summed E-state index contributed by atoms with van der Waals surface area (Å²) in [6, 6.07) is 5.48. The molecule has 1 aliphatic heterocycles. The van der Waals surface area contributed by atoms with Gasteiger partial charge in [0.2, 0.25) is 0 Å². The lowest BCUT2D eigenvalue weighted by Crippen LogP contribution is -2.52. The average Bonchev–Trinajstić information content (AvgIpc) is 2.37. The van der Waals surface area contributed by atoms with Gasteiger partial charge in [0.25, 0.3) is 5.91 Å². The molecule has 1 N–H and O–H groups in total. The molecular weight excluding hydrogens is 378 g/mol. The van der Waals surface area contributed by atoms with Gasteiger partial charge in [0.1, 0.15) is 0 Å². The Morgan fingerprint density at radius 3 is 2.63 bits per heavy atom. The van der Waals surface area contributed by atoms with E-state index in [4.69, 9.17) is 9.84 Å². The van der Waals surface area contributed by atoms with Gasteiger partial charge in [-0.15, -0.1) is 0 Å². The first-order valence-electron chi connectivity index (χ1n) is 6.00. The number of carbonyl (C=O) groups is 1. The van der Waals surface area contributed by atoms with E-state index >= 15 is 0 Å². The van der Waals surface area contributed by atoms with Gasteiger partial charge < -0.3 is 14.7 Å². The second-order valence-corrected chi connectivity index (χ2v) is 6.43.